The lowest BCUT2D eigenvalue weighted by molar-refractivity contribution is -0.116. The average Bonchev–Trinajstić information content (AvgIpc) is 3.18. The Kier molecular flexibility index (Phi) is 5.71. The first kappa shape index (κ1) is 22.0. The van der Waals surface area contributed by atoms with Crippen LogP contribution in [0.3, 0.4) is 0 Å². The molecule has 172 valence electrons. The summed E-state index contributed by atoms with van der Waals surface area (Å²) in [6.07, 6.45) is 1.77. The summed E-state index contributed by atoms with van der Waals surface area (Å²) in [5.74, 6) is -0.178. The zero-order chi connectivity index (χ0) is 23.7. The quantitative estimate of drug-likeness (QED) is 0.319. The molecular formula is C27H24N2O4S. The molecule has 0 fully saturated rings. The number of para-hydroxylation sites is 1. The fraction of sp³-hybridized carbons (Fsp3) is 0.148. The van der Waals surface area contributed by atoms with E-state index in [0.717, 1.165) is 27.1 Å². The second kappa shape index (κ2) is 8.83. The van der Waals surface area contributed by atoms with Crippen LogP contribution in [0.5, 0.6) is 0 Å². The highest BCUT2D eigenvalue weighted by Gasteiger charge is 2.18. The Morgan fingerprint density at radius 2 is 1.59 bits per heavy atom. The molecule has 1 aromatic heterocycles. The summed E-state index contributed by atoms with van der Waals surface area (Å²) in [7, 11) is -3.49. The average molecular weight is 473 g/mol. The van der Waals surface area contributed by atoms with E-state index in [2.05, 4.69) is 5.32 Å². The van der Waals surface area contributed by atoms with Crippen LogP contribution in [0.25, 0.3) is 32.7 Å². The molecule has 7 heteroatoms. The smallest absolute Gasteiger partial charge is 0.232 e. The zero-order valence-electron chi connectivity index (χ0n) is 18.7. The summed E-state index contributed by atoms with van der Waals surface area (Å²) < 4.78 is 32.1. The summed E-state index contributed by atoms with van der Waals surface area (Å²) in [5, 5.41) is 6.92. The Labute approximate surface area is 197 Å². The number of nitrogens with zero attached hydrogens (tertiary/aromatic N) is 1. The molecule has 1 amide bonds. The van der Waals surface area contributed by atoms with Gasteiger partial charge in [0.2, 0.25) is 15.9 Å². The molecule has 0 saturated heterocycles. The molecule has 0 aliphatic rings. The molecule has 1 N–H and O–H groups in total. The first-order valence-corrected chi connectivity index (χ1v) is 12.9. The largest absolute Gasteiger partial charge is 0.456 e. The number of anilines is 2. The summed E-state index contributed by atoms with van der Waals surface area (Å²) in [5.41, 5.74) is 2.75. The number of furan rings is 1. The lowest BCUT2D eigenvalue weighted by Gasteiger charge is -2.22. The van der Waals surface area contributed by atoms with Crippen LogP contribution in [-0.4, -0.2) is 27.1 Å². The number of sulfonamides is 1. The number of hydrogen-bond acceptors (Lipinski definition) is 4. The van der Waals surface area contributed by atoms with Gasteiger partial charge in [0.15, 0.2) is 0 Å². The monoisotopic (exact) mass is 472 g/mol. The van der Waals surface area contributed by atoms with Crippen LogP contribution < -0.4 is 9.62 Å². The molecule has 34 heavy (non-hydrogen) atoms. The summed E-state index contributed by atoms with van der Waals surface area (Å²) in [6, 6.07) is 26.8. The number of carbonyl (C=O) groups is 1. The van der Waals surface area contributed by atoms with Crippen molar-refractivity contribution in [2.75, 3.05) is 22.4 Å². The molecule has 6 nitrogen and oxygen atoms in total. The van der Waals surface area contributed by atoms with Crippen LogP contribution in [0.4, 0.5) is 11.4 Å². The third-order valence-electron chi connectivity index (χ3n) is 5.85. The van der Waals surface area contributed by atoms with Crippen LogP contribution in [0.15, 0.2) is 89.3 Å². The number of hydrogen-bond donors (Lipinski definition) is 1. The lowest BCUT2D eigenvalue weighted by atomic mass is 10.1. The Balaban J connectivity index is 1.26. The van der Waals surface area contributed by atoms with Crippen molar-refractivity contribution in [1.29, 1.82) is 0 Å². The van der Waals surface area contributed by atoms with Crippen molar-refractivity contribution >= 4 is 60.0 Å². The van der Waals surface area contributed by atoms with Gasteiger partial charge in [-0.15, -0.1) is 0 Å². The van der Waals surface area contributed by atoms with Crippen molar-refractivity contribution in [3.8, 4) is 0 Å². The Morgan fingerprint density at radius 3 is 2.41 bits per heavy atom. The van der Waals surface area contributed by atoms with Gasteiger partial charge in [-0.3, -0.25) is 9.10 Å². The SMILES string of the molecule is CS(=O)(=O)N(CCCC(=O)Nc1ccc2c(c1)oc1ccccc12)c1ccc2ccccc2c1. The van der Waals surface area contributed by atoms with Gasteiger partial charge in [-0.05, 0) is 47.5 Å². The number of amides is 1. The van der Waals surface area contributed by atoms with Crippen LogP contribution in [0.1, 0.15) is 12.8 Å². The second-order valence-electron chi connectivity index (χ2n) is 8.33. The van der Waals surface area contributed by atoms with E-state index in [1.807, 2.05) is 78.9 Å². The molecule has 0 saturated carbocycles. The third kappa shape index (κ3) is 4.47. The topological polar surface area (TPSA) is 79.6 Å². The first-order chi connectivity index (χ1) is 16.4. The maximum atomic E-state index is 12.6. The van der Waals surface area contributed by atoms with E-state index in [4.69, 9.17) is 4.42 Å². The van der Waals surface area contributed by atoms with Gasteiger partial charge >= 0.3 is 0 Å². The van der Waals surface area contributed by atoms with E-state index >= 15 is 0 Å². The molecule has 0 aliphatic carbocycles. The number of benzene rings is 4. The van der Waals surface area contributed by atoms with E-state index in [-0.39, 0.29) is 18.9 Å². The third-order valence-corrected chi connectivity index (χ3v) is 7.04. The number of carbonyl (C=O) groups excluding carboxylic acids is 1. The maximum absolute atomic E-state index is 12.6. The minimum atomic E-state index is -3.49. The number of fused-ring (bicyclic) bond motifs is 4. The van der Waals surface area contributed by atoms with E-state index in [1.54, 1.807) is 6.07 Å². The van der Waals surface area contributed by atoms with E-state index in [9.17, 15) is 13.2 Å². The highest BCUT2D eigenvalue weighted by Crippen LogP contribution is 2.30. The highest BCUT2D eigenvalue weighted by atomic mass is 32.2. The molecule has 0 bridgehead atoms. The van der Waals surface area contributed by atoms with Crippen LogP contribution in [0, 0.1) is 0 Å². The molecule has 0 radical (unpaired) electrons. The van der Waals surface area contributed by atoms with Crippen molar-refractivity contribution in [2.24, 2.45) is 0 Å². The fourth-order valence-corrected chi connectivity index (χ4v) is 5.19. The van der Waals surface area contributed by atoms with Crippen molar-refractivity contribution in [3.63, 3.8) is 0 Å². The number of nitrogens with one attached hydrogen (secondary N) is 1. The van der Waals surface area contributed by atoms with Crippen LogP contribution in [0.2, 0.25) is 0 Å². The Morgan fingerprint density at radius 1 is 0.853 bits per heavy atom. The fourth-order valence-electron chi connectivity index (χ4n) is 4.23. The highest BCUT2D eigenvalue weighted by molar-refractivity contribution is 7.92. The minimum Gasteiger partial charge on any atom is -0.456 e. The molecule has 0 spiro atoms. The summed E-state index contributed by atoms with van der Waals surface area (Å²) in [6.45, 7) is 0.215. The summed E-state index contributed by atoms with van der Waals surface area (Å²) >= 11 is 0. The van der Waals surface area contributed by atoms with Gasteiger partial charge in [-0.1, -0.05) is 48.5 Å². The molecule has 0 aliphatic heterocycles. The van der Waals surface area contributed by atoms with Gasteiger partial charge in [0.05, 0.1) is 11.9 Å². The Bertz CT molecular complexity index is 1620. The predicted molar refractivity (Wildman–Crippen MR) is 138 cm³/mol. The lowest BCUT2D eigenvalue weighted by Crippen LogP contribution is -2.31. The predicted octanol–water partition coefficient (Wildman–Crippen LogP) is 5.92. The van der Waals surface area contributed by atoms with Crippen molar-refractivity contribution in [1.82, 2.24) is 0 Å². The maximum Gasteiger partial charge on any atom is 0.232 e. The van der Waals surface area contributed by atoms with E-state index in [1.165, 1.54) is 10.6 Å². The van der Waals surface area contributed by atoms with Crippen LogP contribution in [-0.2, 0) is 14.8 Å². The van der Waals surface area contributed by atoms with Gasteiger partial charge in [-0.25, -0.2) is 8.42 Å². The number of rotatable bonds is 7. The van der Waals surface area contributed by atoms with Crippen molar-refractivity contribution in [2.45, 2.75) is 12.8 Å². The molecule has 4 aromatic carbocycles. The van der Waals surface area contributed by atoms with E-state index < -0.39 is 10.0 Å². The first-order valence-electron chi connectivity index (χ1n) is 11.1. The molecule has 0 atom stereocenters. The van der Waals surface area contributed by atoms with Gasteiger partial charge in [-0.2, -0.15) is 0 Å². The zero-order valence-corrected chi connectivity index (χ0v) is 19.5. The van der Waals surface area contributed by atoms with Crippen LogP contribution >= 0.6 is 0 Å². The van der Waals surface area contributed by atoms with Gasteiger partial charge in [0.1, 0.15) is 11.2 Å². The molecule has 5 aromatic rings. The van der Waals surface area contributed by atoms with Gasteiger partial charge < -0.3 is 9.73 Å². The van der Waals surface area contributed by atoms with Crippen molar-refractivity contribution < 1.29 is 17.6 Å². The Hall–Kier alpha value is -3.84. The van der Waals surface area contributed by atoms with Gasteiger partial charge in [0, 0.05) is 35.5 Å². The minimum absolute atomic E-state index is 0.178. The summed E-state index contributed by atoms with van der Waals surface area (Å²) in [4.78, 5) is 12.6. The van der Waals surface area contributed by atoms with Crippen molar-refractivity contribution in [3.05, 3.63) is 84.9 Å². The molecule has 5 rings (SSSR count). The standard InChI is InChI=1S/C27H24N2O4S/c1-34(31,32)29(22-14-12-19-7-2-3-8-20(19)17-22)16-6-11-27(30)28-21-13-15-24-23-9-4-5-10-25(23)33-26(24)18-21/h2-5,7-10,12-15,17-18H,6,11,16H2,1H3,(H,28,30). The van der Waals surface area contributed by atoms with Gasteiger partial charge in [0.25, 0.3) is 0 Å². The second-order valence-corrected chi connectivity index (χ2v) is 10.2. The normalized spacial score (nSPS) is 11.8. The molecule has 1 heterocycles. The molecular weight excluding hydrogens is 448 g/mol. The molecule has 0 unspecified atom stereocenters. The van der Waals surface area contributed by atoms with E-state index in [0.29, 0.717) is 23.4 Å².